The summed E-state index contributed by atoms with van der Waals surface area (Å²) in [4.78, 5) is 2.99. The molecule has 0 spiro atoms. The van der Waals surface area contributed by atoms with Crippen molar-refractivity contribution < 1.29 is 0 Å². The fourth-order valence-corrected chi connectivity index (χ4v) is 9.31. The molecule has 5 aliphatic rings. The lowest BCUT2D eigenvalue weighted by Gasteiger charge is -2.61. The molecule has 0 radical (unpaired) electrons. The molecule has 5 fully saturated rings. The molecular weight excluding hydrogens is 374 g/mol. The van der Waals surface area contributed by atoms with Crippen molar-refractivity contribution in [3.8, 4) is 0 Å². The average molecular weight is 424 g/mol. The van der Waals surface area contributed by atoms with E-state index in [2.05, 4.69) is 18.1 Å². The topological polar surface area (TPSA) is 15.3 Å². The van der Waals surface area contributed by atoms with Gasteiger partial charge in [0.1, 0.15) is 0 Å². The van der Waals surface area contributed by atoms with Gasteiger partial charge >= 0.3 is 0 Å². The first-order valence-electron chi connectivity index (χ1n) is 14.8. The highest BCUT2D eigenvalue weighted by Crippen LogP contribution is 2.55. The Morgan fingerprint density at radius 2 is 1.00 bits per heavy atom. The monoisotopic (exact) mass is 424 g/mol. The molecule has 0 aromatic carbocycles. The summed E-state index contributed by atoms with van der Waals surface area (Å²) in [6.45, 7) is 1.02. The third kappa shape index (κ3) is 4.96. The normalized spacial score (nSPS) is 43.6. The van der Waals surface area contributed by atoms with Gasteiger partial charge in [0, 0.05) is 12.1 Å². The van der Waals surface area contributed by atoms with E-state index in [-0.39, 0.29) is 0 Å². The average Bonchev–Trinajstić information content (AvgIpc) is 3.03. The van der Waals surface area contributed by atoms with E-state index < -0.39 is 0 Å². The van der Waals surface area contributed by atoms with Gasteiger partial charge in [-0.2, -0.15) is 0 Å². The largest absolute Gasteiger partial charge is 0.344 e. The minimum atomic E-state index is 0.811. The second-order valence-corrected chi connectivity index (χ2v) is 12.3. The Hall–Kier alpha value is 0.0499. The Morgan fingerprint density at radius 3 is 1.68 bits per heavy atom. The molecule has 2 aliphatic heterocycles. The second kappa shape index (κ2) is 11.0. The molecule has 2 saturated heterocycles. The number of nitrogens with zero attached hydrogens (tertiary/aromatic N) is 1. The zero-order chi connectivity index (χ0) is 21.0. The van der Waals surface area contributed by atoms with Crippen LogP contribution in [-0.2, 0) is 0 Å². The zero-order valence-corrected chi connectivity index (χ0v) is 20.7. The van der Waals surface area contributed by atoms with Crippen LogP contribution >= 0.6 is 0 Å². The standard InChI is InChI=1S/C27H50B2N2/c28-31-25-19-13-6-2-4-10-16-22(25)29-21-15-9-3-1-5-11-17-23(21)30-24-18-12-7-8-14-20-26(31)27(24)29/h21-27,30H,1-20,28H2. The van der Waals surface area contributed by atoms with Crippen LogP contribution < -0.4 is 5.32 Å². The summed E-state index contributed by atoms with van der Waals surface area (Å²) >= 11 is 0. The lowest BCUT2D eigenvalue weighted by Crippen LogP contribution is -2.68. The van der Waals surface area contributed by atoms with Gasteiger partial charge in [-0.1, -0.05) is 103 Å². The van der Waals surface area contributed by atoms with Gasteiger partial charge in [-0.3, -0.25) is 0 Å². The molecule has 0 aromatic rings. The maximum atomic E-state index is 4.41. The van der Waals surface area contributed by atoms with Gasteiger partial charge in [0.05, 0.1) is 0 Å². The molecule has 2 heterocycles. The maximum Gasteiger partial charge on any atom is 0.186 e. The van der Waals surface area contributed by atoms with Crippen LogP contribution in [0.2, 0.25) is 17.5 Å². The molecule has 7 atom stereocenters. The lowest BCUT2D eigenvalue weighted by molar-refractivity contribution is 0.149. The highest BCUT2D eigenvalue weighted by molar-refractivity contribution is 6.65. The first-order chi connectivity index (χ1) is 15.3. The summed E-state index contributed by atoms with van der Waals surface area (Å²) in [6, 6.07) is 3.39. The van der Waals surface area contributed by atoms with Gasteiger partial charge in [0.15, 0.2) is 14.7 Å². The van der Waals surface area contributed by atoms with Crippen molar-refractivity contribution in [1.29, 1.82) is 0 Å². The minimum absolute atomic E-state index is 0.811. The summed E-state index contributed by atoms with van der Waals surface area (Å²) in [5.74, 6) is 2.90. The van der Waals surface area contributed by atoms with Crippen LogP contribution in [0.1, 0.15) is 128 Å². The minimum Gasteiger partial charge on any atom is -0.344 e. The maximum absolute atomic E-state index is 4.41. The summed E-state index contributed by atoms with van der Waals surface area (Å²) in [5.41, 5.74) is 0. The van der Waals surface area contributed by atoms with Crippen LogP contribution in [0.5, 0.6) is 0 Å². The van der Waals surface area contributed by atoms with Crippen molar-refractivity contribution in [2.45, 2.75) is 170 Å². The molecular formula is C27H50B2N2. The van der Waals surface area contributed by atoms with E-state index in [0.29, 0.717) is 0 Å². The highest BCUT2D eigenvalue weighted by atomic mass is 15.1. The molecule has 7 unspecified atom stereocenters. The molecule has 3 aliphatic carbocycles. The zero-order valence-electron chi connectivity index (χ0n) is 20.7. The van der Waals surface area contributed by atoms with Gasteiger partial charge in [-0.25, -0.2) is 0 Å². The first-order valence-corrected chi connectivity index (χ1v) is 14.8. The quantitative estimate of drug-likeness (QED) is 0.454. The van der Waals surface area contributed by atoms with Crippen LogP contribution in [0.15, 0.2) is 0 Å². The number of fused-ring (bicyclic) bond motifs is 4. The molecule has 0 amide bonds. The summed E-state index contributed by atoms with van der Waals surface area (Å²) < 4.78 is 0. The van der Waals surface area contributed by atoms with Gasteiger partial charge < -0.3 is 10.1 Å². The van der Waals surface area contributed by atoms with Gasteiger partial charge in [-0.05, 0) is 55.2 Å². The third-order valence-electron chi connectivity index (χ3n) is 10.7. The Labute approximate surface area is 195 Å². The van der Waals surface area contributed by atoms with Crippen LogP contribution in [-0.4, -0.2) is 43.7 Å². The molecule has 1 N–H and O–H groups in total. The predicted octanol–water partition coefficient (Wildman–Crippen LogP) is 6.38. The second-order valence-electron chi connectivity index (χ2n) is 12.3. The molecule has 0 aromatic heterocycles. The van der Waals surface area contributed by atoms with Gasteiger partial charge in [-0.15, -0.1) is 0 Å². The van der Waals surface area contributed by atoms with E-state index in [0.717, 1.165) is 48.3 Å². The number of rotatable bonds is 0. The van der Waals surface area contributed by atoms with Crippen molar-refractivity contribution in [1.82, 2.24) is 10.1 Å². The summed E-state index contributed by atoms with van der Waals surface area (Å²) in [6.07, 6.45) is 29.9. The first kappa shape index (κ1) is 22.8. The Bertz CT molecular complexity index is 557. The van der Waals surface area contributed by atoms with Crippen LogP contribution in [0.25, 0.3) is 0 Å². The van der Waals surface area contributed by atoms with E-state index in [9.17, 15) is 0 Å². The molecule has 31 heavy (non-hydrogen) atoms. The van der Waals surface area contributed by atoms with Crippen molar-refractivity contribution in [3.63, 3.8) is 0 Å². The fourth-order valence-electron chi connectivity index (χ4n) is 9.31. The summed E-state index contributed by atoms with van der Waals surface area (Å²) in [7, 11) is 2.57. The molecule has 2 nitrogen and oxygen atoms in total. The van der Waals surface area contributed by atoms with E-state index in [1.165, 1.54) is 122 Å². The fraction of sp³-hybridized carbons (Fsp3) is 1.00. The van der Waals surface area contributed by atoms with E-state index >= 15 is 0 Å². The SMILES string of the molecule is BN1C2CCCCCCCC2B2C3CCCCCCCC3NC3CCCCCCC1C23. The van der Waals surface area contributed by atoms with Gasteiger partial charge in [0.2, 0.25) is 0 Å². The smallest absolute Gasteiger partial charge is 0.186 e. The van der Waals surface area contributed by atoms with Crippen molar-refractivity contribution in [2.75, 3.05) is 0 Å². The molecule has 3 saturated carbocycles. The van der Waals surface area contributed by atoms with Gasteiger partial charge in [0.25, 0.3) is 0 Å². The highest BCUT2D eigenvalue weighted by Gasteiger charge is 2.57. The van der Waals surface area contributed by atoms with E-state index in [4.69, 9.17) is 0 Å². The van der Waals surface area contributed by atoms with Crippen molar-refractivity contribution in [3.05, 3.63) is 0 Å². The van der Waals surface area contributed by atoms with Crippen LogP contribution in [0.3, 0.4) is 0 Å². The van der Waals surface area contributed by atoms with E-state index in [1.54, 1.807) is 6.42 Å². The van der Waals surface area contributed by atoms with Crippen molar-refractivity contribution in [2.24, 2.45) is 0 Å². The molecule has 4 heteroatoms. The number of nitrogens with one attached hydrogen (secondary N) is 1. The Morgan fingerprint density at radius 1 is 0.516 bits per heavy atom. The number of hydrogen-bond acceptors (Lipinski definition) is 2. The van der Waals surface area contributed by atoms with Crippen molar-refractivity contribution >= 4 is 14.7 Å². The van der Waals surface area contributed by atoms with E-state index in [1.807, 2.05) is 0 Å². The molecule has 174 valence electrons. The summed E-state index contributed by atoms with van der Waals surface area (Å²) in [5, 5.41) is 4.41. The number of hydrogen-bond donors (Lipinski definition) is 1. The third-order valence-corrected chi connectivity index (χ3v) is 10.7. The lowest BCUT2D eigenvalue weighted by atomic mass is 9.20. The van der Waals surface area contributed by atoms with Crippen LogP contribution in [0, 0.1) is 0 Å². The molecule has 5 rings (SSSR count). The Balaban J connectivity index is 1.52. The van der Waals surface area contributed by atoms with Crippen LogP contribution in [0.4, 0.5) is 0 Å². The Kier molecular flexibility index (Phi) is 8.09. The predicted molar refractivity (Wildman–Crippen MR) is 138 cm³/mol. The molecule has 0 bridgehead atoms.